The van der Waals surface area contributed by atoms with Crippen LogP contribution in [0.5, 0.6) is 0 Å². The first-order valence-electron chi connectivity index (χ1n) is 1.93. The second-order valence-corrected chi connectivity index (χ2v) is 2.37. The topological polar surface area (TPSA) is 0 Å². The van der Waals surface area contributed by atoms with Crippen molar-refractivity contribution in [2.45, 2.75) is 6.92 Å². The first-order chi connectivity index (χ1) is 2.81. The van der Waals surface area contributed by atoms with Gasteiger partial charge in [0.2, 0.25) is 0 Å². The molecule has 0 aliphatic rings. The van der Waals surface area contributed by atoms with E-state index in [9.17, 15) is 0 Å². The molecule has 6 heavy (non-hydrogen) atoms. The van der Waals surface area contributed by atoms with Crippen LogP contribution in [0.2, 0.25) is 0 Å². The van der Waals surface area contributed by atoms with E-state index >= 15 is 0 Å². The second-order valence-electron chi connectivity index (χ2n) is 1.41. The molecule has 0 unspecified atom stereocenters. The summed E-state index contributed by atoms with van der Waals surface area (Å²) in [5.41, 5.74) is 0. The van der Waals surface area contributed by atoms with Crippen molar-refractivity contribution < 1.29 is 0 Å². The molecule has 0 heterocycles. The van der Waals surface area contributed by atoms with Gasteiger partial charge in [0.25, 0.3) is 0 Å². The lowest BCUT2D eigenvalue weighted by atomic mass is 10.3. The van der Waals surface area contributed by atoms with Crippen molar-refractivity contribution >= 4 is 27.5 Å². The van der Waals surface area contributed by atoms with E-state index in [0.717, 1.165) is 11.2 Å². The maximum atomic E-state index is 5.42. The fraction of sp³-hybridized carbons (Fsp3) is 1.00. The third kappa shape index (κ3) is 2.98. The van der Waals surface area contributed by atoms with Gasteiger partial charge in [-0.25, -0.2) is 0 Å². The molecule has 0 spiro atoms. The van der Waals surface area contributed by atoms with Crippen molar-refractivity contribution in [1.29, 1.82) is 0 Å². The number of hydrogen-bond donors (Lipinski definition) is 0. The van der Waals surface area contributed by atoms with Gasteiger partial charge in [-0.15, -0.1) is 11.6 Å². The molecule has 0 nitrogen and oxygen atoms in total. The molecular formula is C4H8BrCl. The van der Waals surface area contributed by atoms with E-state index in [4.69, 9.17) is 11.6 Å². The van der Waals surface area contributed by atoms with Crippen LogP contribution in [0, 0.1) is 5.92 Å². The van der Waals surface area contributed by atoms with Gasteiger partial charge in [-0.1, -0.05) is 22.9 Å². The largest absolute Gasteiger partial charge is 0.126 e. The van der Waals surface area contributed by atoms with Crippen LogP contribution in [0.15, 0.2) is 0 Å². The maximum Gasteiger partial charge on any atom is 0.0257 e. The molecule has 0 saturated carbocycles. The summed E-state index contributed by atoms with van der Waals surface area (Å²) >= 11 is 8.71. The highest BCUT2D eigenvalue weighted by Gasteiger charge is 1.91. The highest BCUT2D eigenvalue weighted by molar-refractivity contribution is 9.09. The van der Waals surface area contributed by atoms with Crippen LogP contribution in [0.1, 0.15) is 6.92 Å². The van der Waals surface area contributed by atoms with Crippen LogP contribution in [0.3, 0.4) is 0 Å². The third-order valence-electron chi connectivity index (χ3n) is 0.527. The van der Waals surface area contributed by atoms with E-state index < -0.39 is 0 Å². The molecule has 0 saturated heterocycles. The zero-order valence-corrected chi connectivity index (χ0v) is 6.09. The van der Waals surface area contributed by atoms with Gasteiger partial charge in [-0.3, -0.25) is 0 Å². The summed E-state index contributed by atoms with van der Waals surface area (Å²) in [6.45, 7) is 2.10. The van der Waals surface area contributed by atoms with Gasteiger partial charge in [-0.05, 0) is 5.92 Å². The minimum atomic E-state index is 0.617. The second kappa shape index (κ2) is 3.94. The summed E-state index contributed by atoms with van der Waals surface area (Å²) in [5.74, 6) is 1.37. The molecule has 0 radical (unpaired) electrons. The first kappa shape index (κ1) is 6.77. The van der Waals surface area contributed by atoms with Crippen LogP contribution in [0.25, 0.3) is 0 Å². The Balaban J connectivity index is 2.75. The summed E-state index contributed by atoms with van der Waals surface area (Å²) in [7, 11) is 0. The highest BCUT2D eigenvalue weighted by atomic mass is 79.9. The third-order valence-corrected chi connectivity index (χ3v) is 2.16. The number of hydrogen-bond acceptors (Lipinski definition) is 0. The Labute approximate surface area is 52.0 Å². The van der Waals surface area contributed by atoms with E-state index in [2.05, 4.69) is 22.9 Å². The molecule has 0 N–H and O–H groups in total. The van der Waals surface area contributed by atoms with E-state index in [1.165, 1.54) is 0 Å². The Morgan fingerprint density at radius 3 is 2.33 bits per heavy atom. The first-order valence-corrected chi connectivity index (χ1v) is 3.58. The van der Waals surface area contributed by atoms with Gasteiger partial charge in [-0.2, -0.15) is 0 Å². The molecule has 0 rings (SSSR count). The van der Waals surface area contributed by atoms with E-state index in [0.29, 0.717) is 5.92 Å². The molecule has 0 aliphatic carbocycles. The Kier molecular flexibility index (Phi) is 4.45. The summed E-state index contributed by atoms with van der Waals surface area (Å²) in [4.78, 5) is 0. The van der Waals surface area contributed by atoms with Crippen molar-refractivity contribution in [2.24, 2.45) is 5.92 Å². The Morgan fingerprint density at radius 2 is 2.33 bits per heavy atom. The molecule has 38 valence electrons. The predicted molar refractivity (Wildman–Crippen MR) is 33.7 cm³/mol. The molecule has 0 amide bonds. The predicted octanol–water partition coefficient (Wildman–Crippen LogP) is 2.26. The van der Waals surface area contributed by atoms with Gasteiger partial charge < -0.3 is 0 Å². The van der Waals surface area contributed by atoms with Crippen molar-refractivity contribution in [3.63, 3.8) is 0 Å². The molecule has 0 aromatic heterocycles. The van der Waals surface area contributed by atoms with Crippen LogP contribution in [0.4, 0.5) is 0 Å². The fourth-order valence-corrected chi connectivity index (χ4v) is 0.643. The molecule has 0 aromatic rings. The van der Waals surface area contributed by atoms with Crippen LogP contribution in [-0.2, 0) is 0 Å². The van der Waals surface area contributed by atoms with Crippen molar-refractivity contribution in [1.82, 2.24) is 0 Å². The van der Waals surface area contributed by atoms with Crippen molar-refractivity contribution in [3.05, 3.63) is 0 Å². The maximum absolute atomic E-state index is 5.42. The number of halogens is 2. The fourth-order valence-electron chi connectivity index (χ4n) is 0.0412. The SMILES string of the molecule is C[C@H](CCl)CBr. The lowest BCUT2D eigenvalue weighted by Crippen LogP contribution is -1.94. The van der Waals surface area contributed by atoms with Gasteiger partial charge in [0.1, 0.15) is 0 Å². The number of alkyl halides is 2. The van der Waals surface area contributed by atoms with E-state index in [1.54, 1.807) is 0 Å². The molecule has 0 aromatic carbocycles. The summed E-state index contributed by atoms with van der Waals surface area (Å²) < 4.78 is 0. The molecule has 1 atom stereocenters. The lowest BCUT2D eigenvalue weighted by molar-refractivity contribution is 0.765. The standard InChI is InChI=1S/C4H8BrCl/c1-4(2-5)3-6/h4H,2-3H2,1H3/t4-/m0/s1. The summed E-state index contributed by atoms with van der Waals surface area (Å²) in [6, 6.07) is 0. The zero-order chi connectivity index (χ0) is 4.99. The summed E-state index contributed by atoms with van der Waals surface area (Å²) in [6.07, 6.45) is 0. The van der Waals surface area contributed by atoms with Gasteiger partial charge in [0.15, 0.2) is 0 Å². The highest BCUT2D eigenvalue weighted by Crippen LogP contribution is 2.00. The average Bonchev–Trinajstić information content (AvgIpc) is 1.65. The van der Waals surface area contributed by atoms with Gasteiger partial charge in [0.05, 0.1) is 0 Å². The normalized spacial score (nSPS) is 14.5. The van der Waals surface area contributed by atoms with Crippen LogP contribution >= 0.6 is 27.5 Å². The smallest absolute Gasteiger partial charge is 0.0257 e. The Morgan fingerprint density at radius 1 is 1.83 bits per heavy atom. The molecule has 0 fully saturated rings. The lowest BCUT2D eigenvalue weighted by Gasteiger charge is -1.95. The summed E-state index contributed by atoms with van der Waals surface area (Å²) in [5, 5.41) is 1.01. The van der Waals surface area contributed by atoms with Gasteiger partial charge >= 0.3 is 0 Å². The quantitative estimate of drug-likeness (QED) is 0.559. The minimum absolute atomic E-state index is 0.617. The zero-order valence-electron chi connectivity index (χ0n) is 3.75. The van der Waals surface area contributed by atoms with E-state index in [-0.39, 0.29) is 0 Å². The van der Waals surface area contributed by atoms with Gasteiger partial charge in [0, 0.05) is 11.2 Å². The molecular weight excluding hydrogens is 163 g/mol. The minimum Gasteiger partial charge on any atom is -0.126 e. The van der Waals surface area contributed by atoms with E-state index in [1.807, 2.05) is 0 Å². The van der Waals surface area contributed by atoms with Crippen molar-refractivity contribution in [3.8, 4) is 0 Å². The monoisotopic (exact) mass is 170 g/mol. The average molecular weight is 171 g/mol. The number of rotatable bonds is 2. The van der Waals surface area contributed by atoms with Crippen LogP contribution < -0.4 is 0 Å². The van der Waals surface area contributed by atoms with Crippen molar-refractivity contribution in [2.75, 3.05) is 11.2 Å². The molecule has 0 bridgehead atoms. The Bertz CT molecular complexity index is 26.7. The molecule has 2 heteroatoms. The molecule has 0 aliphatic heterocycles. The Hall–Kier alpha value is 0.770. The van der Waals surface area contributed by atoms with Crippen LogP contribution in [-0.4, -0.2) is 11.2 Å².